The Kier molecular flexibility index (Phi) is 5.15. The molecule has 2 aromatic carbocycles. The van der Waals surface area contributed by atoms with E-state index in [0.717, 1.165) is 16.7 Å². The fourth-order valence-electron chi connectivity index (χ4n) is 3.90. The third-order valence-electron chi connectivity index (χ3n) is 5.56. The van der Waals surface area contributed by atoms with Crippen LogP contribution in [0, 0.1) is 11.8 Å². The molecule has 158 valence electrons. The molecule has 31 heavy (non-hydrogen) atoms. The summed E-state index contributed by atoms with van der Waals surface area (Å²) in [5, 5.41) is 4.90. The van der Waals surface area contributed by atoms with Gasteiger partial charge in [0.05, 0.1) is 13.7 Å². The van der Waals surface area contributed by atoms with Crippen molar-refractivity contribution in [3.8, 4) is 17.6 Å². The first-order chi connectivity index (χ1) is 14.8. The number of ether oxygens (including phenoxy) is 1. The molecule has 2 N–H and O–H groups in total. The molecule has 0 radical (unpaired) electrons. The van der Waals surface area contributed by atoms with E-state index >= 15 is 0 Å². The molecule has 7 heteroatoms. The number of fused-ring (bicyclic) bond motifs is 1. The van der Waals surface area contributed by atoms with Gasteiger partial charge in [0.2, 0.25) is 5.54 Å². The Morgan fingerprint density at radius 3 is 2.61 bits per heavy atom. The summed E-state index contributed by atoms with van der Waals surface area (Å²) in [5.41, 5.74) is 1.67. The van der Waals surface area contributed by atoms with E-state index in [0.29, 0.717) is 17.9 Å². The molecule has 2 aromatic rings. The van der Waals surface area contributed by atoms with Crippen LogP contribution in [-0.2, 0) is 11.3 Å². The second-order valence-corrected chi connectivity index (χ2v) is 7.99. The van der Waals surface area contributed by atoms with Gasteiger partial charge in [0, 0.05) is 17.7 Å². The summed E-state index contributed by atoms with van der Waals surface area (Å²) in [6.45, 7) is 4.40. The summed E-state index contributed by atoms with van der Waals surface area (Å²) < 4.78 is 5.21. The van der Waals surface area contributed by atoms with Gasteiger partial charge in [0.15, 0.2) is 0 Å². The number of amides is 4. The number of carbonyl (C=O) groups is 3. The van der Waals surface area contributed by atoms with Crippen molar-refractivity contribution in [1.82, 2.24) is 15.5 Å². The minimum Gasteiger partial charge on any atom is -0.497 e. The van der Waals surface area contributed by atoms with E-state index in [1.165, 1.54) is 12.0 Å². The quantitative estimate of drug-likeness (QED) is 0.591. The molecule has 1 atom stereocenters. The van der Waals surface area contributed by atoms with Crippen molar-refractivity contribution in [1.29, 1.82) is 0 Å². The second-order valence-electron chi connectivity index (χ2n) is 7.99. The predicted octanol–water partition coefficient (Wildman–Crippen LogP) is 2.40. The Morgan fingerprint density at radius 1 is 1.16 bits per heavy atom. The molecule has 0 unspecified atom stereocenters. The van der Waals surface area contributed by atoms with Gasteiger partial charge in [-0.2, -0.15) is 0 Å². The zero-order valence-corrected chi connectivity index (χ0v) is 17.6. The Bertz CT molecular complexity index is 1140. The van der Waals surface area contributed by atoms with Crippen molar-refractivity contribution in [2.24, 2.45) is 0 Å². The average molecular weight is 417 g/mol. The molecule has 0 aliphatic carbocycles. The maximum absolute atomic E-state index is 13.0. The third-order valence-corrected chi connectivity index (χ3v) is 5.56. The van der Waals surface area contributed by atoms with Crippen LogP contribution in [0.15, 0.2) is 42.5 Å². The first-order valence-electron chi connectivity index (χ1n) is 10.0. The summed E-state index contributed by atoms with van der Waals surface area (Å²) in [4.78, 5) is 39.2. The second kappa shape index (κ2) is 7.80. The van der Waals surface area contributed by atoms with Gasteiger partial charge in [-0.1, -0.05) is 50.0 Å². The first-order valence-corrected chi connectivity index (χ1v) is 10.0. The lowest BCUT2D eigenvalue weighted by molar-refractivity contribution is -0.122. The van der Waals surface area contributed by atoms with Crippen LogP contribution in [0.3, 0.4) is 0 Å². The number of imide groups is 1. The highest BCUT2D eigenvalue weighted by molar-refractivity contribution is 6.10. The molecule has 0 saturated carbocycles. The number of carbonyl (C=O) groups excluding carboxylic acids is 3. The van der Waals surface area contributed by atoms with Gasteiger partial charge < -0.3 is 15.0 Å². The van der Waals surface area contributed by atoms with Crippen LogP contribution >= 0.6 is 0 Å². The Balaban J connectivity index is 1.68. The molecular formula is C24H23N3O4. The number of benzene rings is 2. The Labute approximate surface area is 180 Å². The third kappa shape index (κ3) is 3.73. The summed E-state index contributed by atoms with van der Waals surface area (Å²) in [7, 11) is 1.54. The average Bonchev–Trinajstić information content (AvgIpc) is 3.21. The standard InChI is InChI=1S/C24H23N3O4/c1-15(2)19-7-5-4-6-16(19)10-11-24(22(29)25-23(30)26-24)14-27-13-17-8-9-18(31-3)12-20(17)21(27)28/h4-9,12,15H,13-14H2,1-3H3,(H2,25,26,29,30)/t24-/m1/s1. The zero-order valence-electron chi connectivity index (χ0n) is 17.6. The molecule has 1 saturated heterocycles. The van der Waals surface area contributed by atoms with Crippen LogP contribution in [0.4, 0.5) is 4.79 Å². The highest BCUT2D eigenvalue weighted by Crippen LogP contribution is 2.28. The van der Waals surface area contributed by atoms with Crippen molar-refractivity contribution in [3.05, 3.63) is 64.7 Å². The molecule has 1 fully saturated rings. The predicted molar refractivity (Wildman–Crippen MR) is 115 cm³/mol. The van der Waals surface area contributed by atoms with Crippen LogP contribution in [0.25, 0.3) is 0 Å². The van der Waals surface area contributed by atoms with E-state index in [4.69, 9.17) is 4.74 Å². The molecule has 0 spiro atoms. The number of methoxy groups -OCH3 is 1. The SMILES string of the molecule is COc1ccc2c(c1)C(=O)N(C[C@@]1(C#Cc3ccccc3C(C)C)NC(=O)NC1=O)C2. The van der Waals surface area contributed by atoms with Crippen LogP contribution in [-0.4, -0.2) is 41.9 Å². The van der Waals surface area contributed by atoms with Gasteiger partial charge >= 0.3 is 6.03 Å². The molecule has 2 aliphatic heterocycles. The first kappa shape index (κ1) is 20.5. The van der Waals surface area contributed by atoms with Gasteiger partial charge in [-0.05, 0) is 35.2 Å². The molecule has 4 rings (SSSR count). The van der Waals surface area contributed by atoms with Crippen molar-refractivity contribution in [2.45, 2.75) is 31.8 Å². The maximum atomic E-state index is 13.0. The van der Waals surface area contributed by atoms with Crippen molar-refractivity contribution in [2.75, 3.05) is 13.7 Å². The smallest absolute Gasteiger partial charge is 0.323 e. The van der Waals surface area contributed by atoms with E-state index in [9.17, 15) is 14.4 Å². The summed E-state index contributed by atoms with van der Waals surface area (Å²) in [6.07, 6.45) is 0. The molecule has 7 nitrogen and oxygen atoms in total. The number of urea groups is 1. The van der Waals surface area contributed by atoms with E-state index < -0.39 is 17.5 Å². The summed E-state index contributed by atoms with van der Waals surface area (Å²) in [6, 6.07) is 12.4. The topological polar surface area (TPSA) is 87.7 Å². The fraction of sp³-hybridized carbons (Fsp3) is 0.292. The number of hydrogen-bond acceptors (Lipinski definition) is 4. The largest absolute Gasteiger partial charge is 0.497 e. The minimum absolute atomic E-state index is 0.0583. The molecule has 0 bridgehead atoms. The normalized spacial score (nSPS) is 19.6. The fourth-order valence-corrected chi connectivity index (χ4v) is 3.90. The highest BCUT2D eigenvalue weighted by Gasteiger charge is 2.48. The van der Waals surface area contributed by atoms with Crippen molar-refractivity contribution >= 4 is 17.8 Å². The summed E-state index contributed by atoms with van der Waals surface area (Å²) >= 11 is 0. The molecular weight excluding hydrogens is 394 g/mol. The highest BCUT2D eigenvalue weighted by atomic mass is 16.5. The number of nitrogens with zero attached hydrogens (tertiary/aromatic N) is 1. The number of hydrogen-bond donors (Lipinski definition) is 2. The maximum Gasteiger partial charge on any atom is 0.323 e. The lowest BCUT2D eigenvalue weighted by atomic mass is 9.95. The molecule has 4 amide bonds. The zero-order chi connectivity index (χ0) is 22.2. The van der Waals surface area contributed by atoms with Gasteiger partial charge in [0.25, 0.3) is 11.8 Å². The van der Waals surface area contributed by atoms with Crippen molar-refractivity contribution in [3.63, 3.8) is 0 Å². The number of rotatable bonds is 4. The van der Waals surface area contributed by atoms with E-state index in [1.807, 2.05) is 30.3 Å². The van der Waals surface area contributed by atoms with E-state index in [-0.39, 0.29) is 18.4 Å². The Hall–Kier alpha value is -3.79. The lowest BCUT2D eigenvalue weighted by Gasteiger charge is -2.26. The summed E-state index contributed by atoms with van der Waals surface area (Å²) in [5.74, 6) is 6.08. The van der Waals surface area contributed by atoms with E-state index in [2.05, 4.69) is 36.3 Å². The van der Waals surface area contributed by atoms with E-state index in [1.54, 1.807) is 12.1 Å². The Morgan fingerprint density at radius 2 is 1.94 bits per heavy atom. The lowest BCUT2D eigenvalue weighted by Crippen LogP contribution is -2.54. The van der Waals surface area contributed by atoms with Crippen LogP contribution in [0.5, 0.6) is 5.75 Å². The monoisotopic (exact) mass is 417 g/mol. The van der Waals surface area contributed by atoms with Crippen molar-refractivity contribution < 1.29 is 19.1 Å². The van der Waals surface area contributed by atoms with Gasteiger partial charge in [-0.15, -0.1) is 0 Å². The van der Waals surface area contributed by atoms with Crippen LogP contribution in [0.2, 0.25) is 0 Å². The number of nitrogens with one attached hydrogen (secondary N) is 2. The van der Waals surface area contributed by atoms with Gasteiger partial charge in [-0.25, -0.2) is 4.79 Å². The van der Waals surface area contributed by atoms with Crippen LogP contribution in [0.1, 0.15) is 46.8 Å². The molecule has 0 aromatic heterocycles. The minimum atomic E-state index is -1.52. The van der Waals surface area contributed by atoms with Gasteiger partial charge in [0.1, 0.15) is 5.75 Å². The molecule has 2 aliphatic rings. The van der Waals surface area contributed by atoms with Crippen LogP contribution < -0.4 is 15.4 Å². The molecule has 2 heterocycles. The van der Waals surface area contributed by atoms with Gasteiger partial charge in [-0.3, -0.25) is 14.9 Å².